The number of nitrogens with zero attached hydrogens (tertiary/aromatic N) is 2. The minimum Gasteiger partial charge on any atom is -0.508 e. The zero-order valence-electron chi connectivity index (χ0n) is 18.6. The van der Waals surface area contributed by atoms with Crippen molar-refractivity contribution < 1.29 is 34.8 Å². The van der Waals surface area contributed by atoms with Crippen LogP contribution in [0.1, 0.15) is 36.6 Å². The van der Waals surface area contributed by atoms with Gasteiger partial charge in [0.1, 0.15) is 22.8 Å². The molecule has 0 unspecified atom stereocenters. The van der Waals surface area contributed by atoms with Crippen molar-refractivity contribution in [3.63, 3.8) is 0 Å². The van der Waals surface area contributed by atoms with Crippen LogP contribution in [0.4, 0.5) is 0 Å². The number of likely N-dealkylation sites (N-methyl/N-ethyl adjacent to an activating group) is 1. The maximum Gasteiger partial charge on any atom is 0.255 e. The van der Waals surface area contributed by atoms with Crippen molar-refractivity contribution in [2.75, 3.05) is 14.1 Å². The molecule has 0 radical (unpaired) electrons. The van der Waals surface area contributed by atoms with Crippen LogP contribution >= 0.6 is 0 Å². The van der Waals surface area contributed by atoms with E-state index in [0.717, 1.165) is 0 Å². The Morgan fingerprint density at radius 3 is 2.52 bits per heavy atom. The summed E-state index contributed by atoms with van der Waals surface area (Å²) in [6.07, 6.45) is 3.01. The molecule has 1 fully saturated rings. The van der Waals surface area contributed by atoms with Gasteiger partial charge in [-0.2, -0.15) is 0 Å². The van der Waals surface area contributed by atoms with Gasteiger partial charge in [0.05, 0.1) is 17.3 Å². The maximum absolute atomic E-state index is 13.7. The molecule has 10 heteroatoms. The molecule has 0 aromatic carbocycles. The summed E-state index contributed by atoms with van der Waals surface area (Å²) in [7, 11) is 3.12. The van der Waals surface area contributed by atoms with E-state index in [1.54, 1.807) is 20.3 Å². The standard InChI is InChI=1S/C23H27N3O7/c1-4-5-12-17(27)13-10(8-25-12)6-9-7-11-16(26(2)3)19(29)15(22(24)32)21(31)23(11,33)20(30)14(9)18(13)28/h8-9,11,16,27-28,31,33H,4-7H2,1-3H3,(H2,24,32)/t9-,11-,16-,23-/m0/s1. The Morgan fingerprint density at radius 1 is 1.27 bits per heavy atom. The van der Waals surface area contributed by atoms with Gasteiger partial charge in [-0.05, 0) is 44.8 Å². The van der Waals surface area contributed by atoms with Gasteiger partial charge in [0.2, 0.25) is 5.78 Å². The molecule has 0 saturated heterocycles. The molecule has 1 heterocycles. The molecule has 0 aliphatic heterocycles. The van der Waals surface area contributed by atoms with E-state index in [4.69, 9.17) is 5.73 Å². The van der Waals surface area contributed by atoms with E-state index in [0.29, 0.717) is 24.1 Å². The van der Waals surface area contributed by atoms with Crippen molar-refractivity contribution >= 4 is 23.2 Å². The zero-order chi connectivity index (χ0) is 24.4. The number of carbonyl (C=O) groups excluding carboxylic acids is 3. The molecule has 4 rings (SSSR count). The van der Waals surface area contributed by atoms with E-state index < -0.39 is 58.0 Å². The molecular weight excluding hydrogens is 430 g/mol. The summed E-state index contributed by atoms with van der Waals surface area (Å²) in [5, 5.41) is 44.1. The molecule has 0 spiro atoms. The normalized spacial score (nSPS) is 29.2. The molecule has 176 valence electrons. The van der Waals surface area contributed by atoms with Crippen molar-refractivity contribution in [3.05, 3.63) is 39.9 Å². The van der Waals surface area contributed by atoms with Crippen LogP contribution in [0.5, 0.6) is 5.75 Å². The van der Waals surface area contributed by atoms with Gasteiger partial charge in [-0.1, -0.05) is 13.3 Å². The lowest BCUT2D eigenvalue weighted by atomic mass is 9.57. The first-order valence-corrected chi connectivity index (χ1v) is 10.8. The Hall–Kier alpha value is -3.24. The minimum absolute atomic E-state index is 0.0588. The topological polar surface area (TPSA) is 174 Å². The van der Waals surface area contributed by atoms with Gasteiger partial charge in [0.15, 0.2) is 11.4 Å². The number of fused-ring (bicyclic) bond motifs is 3. The van der Waals surface area contributed by atoms with Crippen molar-refractivity contribution in [2.45, 2.75) is 44.2 Å². The third-order valence-electron chi connectivity index (χ3n) is 7.02. The number of hydrogen-bond acceptors (Lipinski definition) is 9. The Kier molecular flexibility index (Phi) is 5.33. The van der Waals surface area contributed by atoms with Gasteiger partial charge in [-0.25, -0.2) is 0 Å². The molecule has 1 aromatic heterocycles. The largest absolute Gasteiger partial charge is 0.508 e. The number of Topliss-reactive ketones (excluding diaryl/α,β-unsaturated/α-hetero) is 2. The van der Waals surface area contributed by atoms with Gasteiger partial charge >= 0.3 is 0 Å². The average Bonchev–Trinajstić information content (AvgIpc) is 2.72. The van der Waals surface area contributed by atoms with Crippen LogP contribution in [0.3, 0.4) is 0 Å². The Bertz CT molecular complexity index is 1150. The van der Waals surface area contributed by atoms with E-state index in [1.165, 1.54) is 4.90 Å². The molecule has 3 aliphatic rings. The highest BCUT2D eigenvalue weighted by Crippen LogP contribution is 2.52. The molecular formula is C23H27N3O7. The van der Waals surface area contributed by atoms with Crippen molar-refractivity contribution in [2.24, 2.45) is 17.6 Å². The zero-order valence-corrected chi connectivity index (χ0v) is 18.6. The fraction of sp³-hybridized carbons (Fsp3) is 0.478. The maximum atomic E-state index is 13.7. The fourth-order valence-electron chi connectivity index (χ4n) is 5.57. The number of primary amides is 1. The number of rotatable bonds is 4. The number of aromatic nitrogens is 1. The van der Waals surface area contributed by atoms with Crippen LogP contribution in [0, 0.1) is 11.8 Å². The number of pyridine rings is 1. The summed E-state index contributed by atoms with van der Waals surface area (Å²) in [6.45, 7) is 1.91. The van der Waals surface area contributed by atoms with Gasteiger partial charge in [0, 0.05) is 17.7 Å². The van der Waals surface area contributed by atoms with Crippen LogP contribution in [0.25, 0.3) is 5.76 Å². The molecule has 4 atom stereocenters. The Balaban J connectivity index is 1.95. The third-order valence-corrected chi connectivity index (χ3v) is 7.02. The Labute approximate surface area is 190 Å². The number of nitrogens with two attached hydrogens (primary N) is 1. The van der Waals surface area contributed by atoms with Gasteiger partial charge in [-0.3, -0.25) is 24.3 Å². The lowest BCUT2D eigenvalue weighted by molar-refractivity contribution is -0.153. The highest BCUT2D eigenvalue weighted by atomic mass is 16.3. The molecule has 10 nitrogen and oxygen atoms in total. The first-order chi connectivity index (χ1) is 15.5. The fourth-order valence-corrected chi connectivity index (χ4v) is 5.57. The number of aromatic hydroxyl groups is 1. The minimum atomic E-state index is -2.63. The smallest absolute Gasteiger partial charge is 0.255 e. The van der Waals surface area contributed by atoms with Crippen LogP contribution in [0.2, 0.25) is 0 Å². The molecule has 1 amide bonds. The van der Waals surface area contributed by atoms with Crippen molar-refractivity contribution in [1.29, 1.82) is 0 Å². The predicted octanol–water partition coefficient (Wildman–Crippen LogP) is 0.312. The Morgan fingerprint density at radius 2 is 1.94 bits per heavy atom. The molecule has 0 bridgehead atoms. The molecule has 6 N–H and O–H groups in total. The summed E-state index contributed by atoms with van der Waals surface area (Å²) >= 11 is 0. The second kappa shape index (κ2) is 7.67. The van der Waals surface area contributed by atoms with Gasteiger partial charge in [-0.15, -0.1) is 0 Å². The molecule has 1 aromatic rings. The van der Waals surface area contributed by atoms with E-state index >= 15 is 0 Å². The van der Waals surface area contributed by atoms with Gasteiger partial charge < -0.3 is 26.2 Å². The van der Waals surface area contributed by atoms with Gasteiger partial charge in [0.25, 0.3) is 5.91 Å². The van der Waals surface area contributed by atoms with Crippen LogP contribution in [-0.4, -0.2) is 73.5 Å². The second-order valence-electron chi connectivity index (χ2n) is 9.17. The average molecular weight is 457 g/mol. The van der Waals surface area contributed by atoms with Crippen molar-refractivity contribution in [1.82, 2.24) is 9.88 Å². The summed E-state index contributed by atoms with van der Waals surface area (Å²) in [5.41, 5.74) is 2.68. The second-order valence-corrected chi connectivity index (χ2v) is 9.17. The van der Waals surface area contributed by atoms with E-state index in [2.05, 4.69) is 4.98 Å². The number of aryl methyl sites for hydroxylation is 1. The number of carbonyl (C=O) groups is 3. The number of amides is 1. The third kappa shape index (κ3) is 3.01. The molecule has 33 heavy (non-hydrogen) atoms. The highest BCUT2D eigenvalue weighted by molar-refractivity contribution is 6.24. The number of aliphatic hydroxyl groups is 3. The predicted molar refractivity (Wildman–Crippen MR) is 116 cm³/mol. The van der Waals surface area contributed by atoms with Crippen LogP contribution in [-0.2, 0) is 27.2 Å². The lowest BCUT2D eigenvalue weighted by Gasteiger charge is -2.50. The van der Waals surface area contributed by atoms with Crippen LogP contribution < -0.4 is 5.73 Å². The van der Waals surface area contributed by atoms with Crippen molar-refractivity contribution in [3.8, 4) is 5.75 Å². The lowest BCUT2D eigenvalue weighted by Crippen LogP contribution is -2.65. The first-order valence-electron chi connectivity index (χ1n) is 10.8. The highest BCUT2D eigenvalue weighted by Gasteiger charge is 2.64. The summed E-state index contributed by atoms with van der Waals surface area (Å²) in [4.78, 5) is 44.4. The number of ketones is 2. The van der Waals surface area contributed by atoms with E-state index in [1.807, 2.05) is 6.92 Å². The van der Waals surface area contributed by atoms with Crippen LogP contribution in [0.15, 0.2) is 23.1 Å². The number of aliphatic hydroxyl groups excluding tert-OH is 2. The monoisotopic (exact) mass is 457 g/mol. The van der Waals surface area contributed by atoms with E-state index in [-0.39, 0.29) is 29.7 Å². The number of hydrogen-bond donors (Lipinski definition) is 5. The first kappa shape index (κ1) is 22.9. The summed E-state index contributed by atoms with van der Waals surface area (Å²) < 4.78 is 0. The SMILES string of the molecule is CCCc1ncc2c(c1O)C(O)=C1C(=O)[C@]3(O)C(O)=C(C(N)=O)C(=O)[C@@H](N(C)C)[C@@H]3C[C@@H]1C2. The summed E-state index contributed by atoms with van der Waals surface area (Å²) in [5.74, 6) is -6.55. The molecule has 3 aliphatic carbocycles. The molecule has 1 saturated carbocycles. The quantitative estimate of drug-likeness (QED) is 0.399. The summed E-state index contributed by atoms with van der Waals surface area (Å²) in [6, 6.07) is -1.10. The van der Waals surface area contributed by atoms with E-state index in [9.17, 15) is 34.8 Å².